The third-order valence-electron chi connectivity index (χ3n) is 2.41. The third kappa shape index (κ3) is 2.73. The molecule has 2 heterocycles. The molecule has 2 aromatic heterocycles. The predicted octanol–water partition coefficient (Wildman–Crippen LogP) is 2.48. The summed E-state index contributed by atoms with van der Waals surface area (Å²) in [5.74, 6) is -0.170. The number of hydrogen-bond acceptors (Lipinski definition) is 5. The first kappa shape index (κ1) is 13.1. The summed E-state index contributed by atoms with van der Waals surface area (Å²) in [7, 11) is 1.90. The number of thioether (sulfide) groups is 1. The Morgan fingerprint density at radius 1 is 1.56 bits per heavy atom. The van der Waals surface area contributed by atoms with Gasteiger partial charge in [-0.1, -0.05) is 11.8 Å². The minimum Gasteiger partial charge on any atom is -0.477 e. The minimum atomic E-state index is -0.909. The molecule has 0 aliphatic heterocycles. The number of rotatable bonds is 4. The van der Waals surface area contributed by atoms with Crippen molar-refractivity contribution in [2.75, 3.05) is 0 Å². The van der Waals surface area contributed by atoms with Gasteiger partial charge in [-0.15, -0.1) is 11.3 Å². The van der Waals surface area contributed by atoms with Crippen LogP contribution >= 0.6 is 23.1 Å². The van der Waals surface area contributed by atoms with Crippen molar-refractivity contribution in [2.24, 2.45) is 7.05 Å². The number of thiazole rings is 1. The van der Waals surface area contributed by atoms with Gasteiger partial charge >= 0.3 is 5.97 Å². The summed E-state index contributed by atoms with van der Waals surface area (Å²) in [5.41, 5.74) is 2.66. The molecule has 7 heteroatoms. The summed E-state index contributed by atoms with van der Waals surface area (Å²) in [4.78, 5) is 15.5. The average molecular weight is 283 g/mol. The van der Waals surface area contributed by atoms with E-state index in [1.54, 1.807) is 6.92 Å². The van der Waals surface area contributed by atoms with E-state index in [1.165, 1.54) is 23.1 Å². The highest BCUT2D eigenvalue weighted by atomic mass is 32.2. The molecule has 0 spiro atoms. The van der Waals surface area contributed by atoms with Crippen molar-refractivity contribution in [1.82, 2.24) is 14.8 Å². The van der Waals surface area contributed by atoms with Gasteiger partial charge in [0, 0.05) is 18.5 Å². The lowest BCUT2D eigenvalue weighted by molar-refractivity contribution is 0.0701. The number of hydrogen-bond donors (Lipinski definition) is 1. The third-order valence-corrected chi connectivity index (χ3v) is 4.74. The molecule has 0 aromatic carbocycles. The van der Waals surface area contributed by atoms with E-state index in [2.05, 4.69) is 10.1 Å². The summed E-state index contributed by atoms with van der Waals surface area (Å²) in [6.07, 6.45) is 0. The van der Waals surface area contributed by atoms with Crippen molar-refractivity contribution in [2.45, 2.75) is 23.9 Å². The normalized spacial score (nSPS) is 10.8. The smallest absolute Gasteiger partial charge is 0.347 e. The monoisotopic (exact) mass is 283 g/mol. The zero-order valence-corrected chi connectivity index (χ0v) is 11.9. The molecule has 0 saturated carbocycles. The highest BCUT2D eigenvalue weighted by molar-refractivity contribution is 8.00. The standard InChI is InChI=1S/C11H13N3O2S2/c1-6-4-8(14(3)13-6)5-17-11-12-7(2)9(18-11)10(15)16/h4H,5H2,1-3H3,(H,15,16). The van der Waals surface area contributed by atoms with Crippen LogP contribution in [-0.4, -0.2) is 25.8 Å². The van der Waals surface area contributed by atoms with Gasteiger partial charge in [0.2, 0.25) is 0 Å². The molecule has 1 N–H and O–H groups in total. The van der Waals surface area contributed by atoms with Gasteiger partial charge in [0.1, 0.15) is 4.88 Å². The maximum Gasteiger partial charge on any atom is 0.347 e. The Balaban J connectivity index is 2.09. The number of carboxylic acid groups (broad SMARTS) is 1. The molecule has 96 valence electrons. The molecule has 0 amide bonds. The van der Waals surface area contributed by atoms with E-state index in [9.17, 15) is 4.79 Å². The lowest BCUT2D eigenvalue weighted by atomic mass is 10.4. The van der Waals surface area contributed by atoms with Crippen LogP contribution in [0.3, 0.4) is 0 Å². The van der Waals surface area contributed by atoms with Crippen LogP contribution in [0.15, 0.2) is 10.4 Å². The Kier molecular flexibility index (Phi) is 3.72. The highest BCUT2D eigenvalue weighted by Gasteiger charge is 2.14. The van der Waals surface area contributed by atoms with Gasteiger partial charge in [0.25, 0.3) is 0 Å². The van der Waals surface area contributed by atoms with E-state index in [0.29, 0.717) is 10.6 Å². The maximum atomic E-state index is 10.9. The van der Waals surface area contributed by atoms with Crippen LogP contribution in [-0.2, 0) is 12.8 Å². The molecule has 2 aromatic rings. The summed E-state index contributed by atoms with van der Waals surface area (Å²) in [6, 6.07) is 2.02. The van der Waals surface area contributed by atoms with Crippen LogP contribution in [0, 0.1) is 13.8 Å². The summed E-state index contributed by atoms with van der Waals surface area (Å²) in [6.45, 7) is 3.67. The maximum absolute atomic E-state index is 10.9. The molecule has 0 fully saturated rings. The van der Waals surface area contributed by atoms with E-state index >= 15 is 0 Å². The van der Waals surface area contributed by atoms with Gasteiger partial charge in [0.15, 0.2) is 4.34 Å². The molecular weight excluding hydrogens is 270 g/mol. The van der Waals surface area contributed by atoms with Crippen molar-refractivity contribution in [3.8, 4) is 0 Å². The minimum absolute atomic E-state index is 0.318. The molecule has 0 unspecified atom stereocenters. The molecule has 5 nitrogen and oxygen atoms in total. The fraction of sp³-hybridized carbons (Fsp3) is 0.364. The molecule has 0 bridgehead atoms. The second kappa shape index (κ2) is 5.11. The first-order valence-electron chi connectivity index (χ1n) is 5.30. The highest BCUT2D eigenvalue weighted by Crippen LogP contribution is 2.29. The first-order valence-corrected chi connectivity index (χ1v) is 7.10. The van der Waals surface area contributed by atoms with Crippen molar-refractivity contribution in [3.05, 3.63) is 28.0 Å². The molecule has 0 saturated heterocycles. The van der Waals surface area contributed by atoms with Crippen LogP contribution in [0.2, 0.25) is 0 Å². The summed E-state index contributed by atoms with van der Waals surface area (Å²) < 4.78 is 2.62. The van der Waals surface area contributed by atoms with E-state index in [4.69, 9.17) is 5.11 Å². The van der Waals surface area contributed by atoms with Crippen molar-refractivity contribution in [3.63, 3.8) is 0 Å². The predicted molar refractivity (Wildman–Crippen MR) is 71.3 cm³/mol. The van der Waals surface area contributed by atoms with Crippen LogP contribution in [0.25, 0.3) is 0 Å². The lowest BCUT2D eigenvalue weighted by Crippen LogP contribution is -1.96. The Hall–Kier alpha value is -1.34. The summed E-state index contributed by atoms with van der Waals surface area (Å²) in [5, 5.41) is 13.2. The number of aryl methyl sites for hydroxylation is 3. The van der Waals surface area contributed by atoms with Gasteiger partial charge in [-0.05, 0) is 19.9 Å². The van der Waals surface area contributed by atoms with Gasteiger partial charge < -0.3 is 5.11 Å². The Labute approximate surface area is 113 Å². The molecule has 18 heavy (non-hydrogen) atoms. The number of carbonyl (C=O) groups is 1. The Morgan fingerprint density at radius 3 is 2.78 bits per heavy atom. The molecule has 0 aliphatic rings. The molecule has 0 aliphatic carbocycles. The molecule has 2 rings (SSSR count). The van der Waals surface area contributed by atoms with Crippen LogP contribution < -0.4 is 0 Å². The topological polar surface area (TPSA) is 68.0 Å². The van der Waals surface area contributed by atoms with Crippen molar-refractivity contribution < 1.29 is 9.90 Å². The quantitative estimate of drug-likeness (QED) is 0.873. The second-order valence-corrected chi connectivity index (χ2v) is 6.11. The fourth-order valence-electron chi connectivity index (χ4n) is 1.57. The molecular formula is C11H13N3O2S2. The van der Waals surface area contributed by atoms with E-state index in [-0.39, 0.29) is 0 Å². The number of carboxylic acids is 1. The largest absolute Gasteiger partial charge is 0.477 e. The number of aromatic nitrogens is 3. The van der Waals surface area contributed by atoms with Gasteiger partial charge in [0.05, 0.1) is 11.4 Å². The van der Waals surface area contributed by atoms with Gasteiger partial charge in [-0.2, -0.15) is 5.10 Å². The first-order chi connectivity index (χ1) is 8.47. The van der Waals surface area contributed by atoms with Gasteiger partial charge in [-0.3, -0.25) is 4.68 Å². The van der Waals surface area contributed by atoms with Crippen molar-refractivity contribution in [1.29, 1.82) is 0 Å². The zero-order chi connectivity index (χ0) is 13.3. The van der Waals surface area contributed by atoms with Crippen molar-refractivity contribution >= 4 is 29.1 Å². The SMILES string of the molecule is Cc1cc(CSc2nc(C)c(C(=O)O)s2)n(C)n1. The lowest BCUT2D eigenvalue weighted by Gasteiger charge is -1.98. The Bertz CT molecular complexity index is 589. The van der Waals surface area contributed by atoms with E-state index in [1.807, 2.05) is 24.7 Å². The fourth-order valence-corrected chi connectivity index (χ4v) is 3.61. The zero-order valence-electron chi connectivity index (χ0n) is 10.3. The summed E-state index contributed by atoms with van der Waals surface area (Å²) >= 11 is 2.76. The molecule has 0 radical (unpaired) electrons. The second-order valence-electron chi connectivity index (χ2n) is 3.89. The number of aromatic carboxylic acids is 1. The Morgan fingerprint density at radius 2 is 2.28 bits per heavy atom. The van der Waals surface area contributed by atoms with Crippen LogP contribution in [0.5, 0.6) is 0 Å². The van der Waals surface area contributed by atoms with Crippen LogP contribution in [0.4, 0.5) is 0 Å². The number of nitrogens with zero attached hydrogens (tertiary/aromatic N) is 3. The average Bonchev–Trinajstić information content (AvgIpc) is 2.79. The molecule has 0 atom stereocenters. The van der Waals surface area contributed by atoms with E-state index in [0.717, 1.165) is 21.5 Å². The van der Waals surface area contributed by atoms with E-state index < -0.39 is 5.97 Å². The van der Waals surface area contributed by atoms with Gasteiger partial charge in [-0.25, -0.2) is 9.78 Å². The van der Waals surface area contributed by atoms with Crippen LogP contribution in [0.1, 0.15) is 26.8 Å².